The van der Waals surface area contributed by atoms with Gasteiger partial charge in [-0.1, -0.05) is 61.9 Å². The van der Waals surface area contributed by atoms with Crippen molar-refractivity contribution in [2.45, 2.75) is 32.7 Å². The molecule has 0 saturated heterocycles. The number of H-pyrrole nitrogens is 1. The third-order valence-electron chi connectivity index (χ3n) is 3.68. The van der Waals surface area contributed by atoms with E-state index >= 15 is 0 Å². The van der Waals surface area contributed by atoms with Gasteiger partial charge in [0.2, 0.25) is 5.91 Å². The summed E-state index contributed by atoms with van der Waals surface area (Å²) >= 11 is 1.11. The van der Waals surface area contributed by atoms with Crippen LogP contribution in [0.25, 0.3) is 0 Å². The first-order valence-electron chi connectivity index (χ1n) is 7.11. The Morgan fingerprint density at radius 3 is 2.62 bits per heavy atom. The molecule has 112 valence electrons. The summed E-state index contributed by atoms with van der Waals surface area (Å²) in [5.74, 6) is 0.0954. The van der Waals surface area contributed by atoms with Crippen molar-refractivity contribution >= 4 is 17.2 Å². The monoisotopic (exact) mass is 304 g/mol. The van der Waals surface area contributed by atoms with Crippen molar-refractivity contribution in [3.63, 3.8) is 0 Å². The summed E-state index contributed by atoms with van der Waals surface area (Å²) in [4.78, 5) is 26.2. The van der Waals surface area contributed by atoms with Gasteiger partial charge < -0.3 is 10.3 Å². The first-order valence-corrected chi connectivity index (χ1v) is 7.99. The third-order valence-corrected chi connectivity index (χ3v) is 4.40. The van der Waals surface area contributed by atoms with E-state index in [1.807, 2.05) is 30.3 Å². The van der Waals surface area contributed by atoms with Crippen LogP contribution in [0.2, 0.25) is 0 Å². The Morgan fingerprint density at radius 1 is 1.33 bits per heavy atom. The molecule has 0 fully saturated rings. The van der Waals surface area contributed by atoms with E-state index < -0.39 is 0 Å². The van der Waals surface area contributed by atoms with Crippen LogP contribution in [0.3, 0.4) is 0 Å². The van der Waals surface area contributed by atoms with E-state index in [1.165, 1.54) is 0 Å². The van der Waals surface area contributed by atoms with E-state index in [9.17, 15) is 9.59 Å². The molecule has 5 heteroatoms. The van der Waals surface area contributed by atoms with Gasteiger partial charge in [-0.3, -0.25) is 9.59 Å². The van der Waals surface area contributed by atoms with E-state index in [-0.39, 0.29) is 22.6 Å². The van der Waals surface area contributed by atoms with Crippen molar-refractivity contribution in [2.75, 3.05) is 0 Å². The predicted octanol–water partition coefficient (Wildman–Crippen LogP) is 2.88. The lowest BCUT2D eigenvalue weighted by Gasteiger charge is -2.22. The molecule has 21 heavy (non-hydrogen) atoms. The highest BCUT2D eigenvalue weighted by Gasteiger charge is 2.25. The molecule has 1 aromatic heterocycles. The van der Waals surface area contributed by atoms with E-state index in [1.54, 1.807) is 5.38 Å². The van der Waals surface area contributed by atoms with Crippen LogP contribution in [0.5, 0.6) is 0 Å². The second-order valence-corrected chi connectivity index (χ2v) is 6.01. The van der Waals surface area contributed by atoms with E-state index in [0.29, 0.717) is 6.54 Å². The minimum Gasteiger partial charge on any atom is -0.350 e. The fraction of sp³-hybridized carbons (Fsp3) is 0.375. The molecule has 2 N–H and O–H groups in total. The maximum atomic E-state index is 12.5. The molecule has 0 aliphatic rings. The zero-order valence-electron chi connectivity index (χ0n) is 12.3. The Morgan fingerprint density at radius 2 is 2.05 bits per heavy atom. The lowest BCUT2D eigenvalue weighted by molar-refractivity contribution is -0.123. The van der Waals surface area contributed by atoms with E-state index in [2.05, 4.69) is 24.1 Å². The van der Waals surface area contributed by atoms with Crippen molar-refractivity contribution in [1.82, 2.24) is 10.3 Å². The predicted molar refractivity (Wildman–Crippen MR) is 85.4 cm³/mol. The van der Waals surface area contributed by atoms with Gasteiger partial charge in [-0.25, -0.2) is 0 Å². The molecule has 1 aromatic carbocycles. The molecule has 0 radical (unpaired) electrons. The molecule has 2 atom stereocenters. The van der Waals surface area contributed by atoms with Crippen LogP contribution in [0.15, 0.2) is 40.5 Å². The van der Waals surface area contributed by atoms with Gasteiger partial charge in [0.05, 0.1) is 12.5 Å². The summed E-state index contributed by atoms with van der Waals surface area (Å²) in [6, 6.07) is 9.83. The Balaban J connectivity index is 2.09. The molecule has 1 amide bonds. The van der Waals surface area contributed by atoms with Crippen LogP contribution in [0.1, 0.15) is 37.4 Å². The van der Waals surface area contributed by atoms with Crippen LogP contribution in [0, 0.1) is 5.92 Å². The van der Waals surface area contributed by atoms with Crippen molar-refractivity contribution < 1.29 is 4.79 Å². The van der Waals surface area contributed by atoms with Crippen LogP contribution in [-0.2, 0) is 11.3 Å². The fourth-order valence-corrected chi connectivity index (χ4v) is 2.91. The average Bonchev–Trinajstić information content (AvgIpc) is 2.92. The Kier molecular flexibility index (Phi) is 5.33. The highest BCUT2D eigenvalue weighted by molar-refractivity contribution is 7.07. The van der Waals surface area contributed by atoms with Gasteiger partial charge in [0.25, 0.3) is 0 Å². The van der Waals surface area contributed by atoms with Gasteiger partial charge in [-0.2, -0.15) is 0 Å². The molecular formula is C16H20N2O2S. The topological polar surface area (TPSA) is 62.0 Å². The molecule has 2 aromatic rings. The number of carbonyl (C=O) groups excluding carboxylic acids is 1. The molecule has 0 aliphatic heterocycles. The smallest absolute Gasteiger partial charge is 0.304 e. The number of amides is 1. The molecule has 0 aliphatic carbocycles. The van der Waals surface area contributed by atoms with Gasteiger partial charge in [0.15, 0.2) is 0 Å². The molecule has 4 nitrogen and oxygen atoms in total. The molecule has 0 spiro atoms. The highest BCUT2D eigenvalue weighted by Crippen LogP contribution is 2.27. The zero-order valence-corrected chi connectivity index (χ0v) is 13.1. The highest BCUT2D eigenvalue weighted by atomic mass is 32.1. The third kappa shape index (κ3) is 4.04. The molecular weight excluding hydrogens is 284 g/mol. The second-order valence-electron chi connectivity index (χ2n) is 5.17. The van der Waals surface area contributed by atoms with Gasteiger partial charge in [-0.05, 0) is 11.5 Å². The standard InChI is InChI=1S/C16H20N2O2S/c1-3-11(2)14(12-7-5-4-6-8-12)15(19)17-9-13-10-21-16(20)18-13/h4-8,10-11,14H,3,9H2,1-2H3,(H,17,19)(H,18,20)/t11-,14+/m0/s1. The summed E-state index contributed by atoms with van der Waals surface area (Å²) in [6.45, 7) is 4.53. The number of hydrogen-bond acceptors (Lipinski definition) is 3. The first-order chi connectivity index (χ1) is 10.1. The summed E-state index contributed by atoms with van der Waals surface area (Å²) in [5.41, 5.74) is 1.78. The molecule has 0 bridgehead atoms. The maximum absolute atomic E-state index is 12.5. The summed E-state index contributed by atoms with van der Waals surface area (Å²) in [7, 11) is 0. The SMILES string of the molecule is CC[C@H](C)[C@@H](C(=O)NCc1csc(=O)[nH]1)c1ccccc1. The minimum atomic E-state index is -0.165. The molecule has 0 unspecified atom stereocenters. The number of benzene rings is 1. The Hall–Kier alpha value is -1.88. The van der Waals surface area contributed by atoms with Gasteiger partial charge in [-0.15, -0.1) is 0 Å². The van der Waals surface area contributed by atoms with E-state index in [4.69, 9.17) is 0 Å². The van der Waals surface area contributed by atoms with Crippen LogP contribution in [0.4, 0.5) is 0 Å². The maximum Gasteiger partial charge on any atom is 0.304 e. The number of aromatic nitrogens is 1. The fourth-order valence-electron chi connectivity index (χ4n) is 2.33. The lowest BCUT2D eigenvalue weighted by atomic mass is 9.85. The minimum absolute atomic E-state index is 0.00241. The number of carbonyl (C=O) groups is 1. The quantitative estimate of drug-likeness (QED) is 0.862. The molecule has 1 heterocycles. The van der Waals surface area contributed by atoms with Crippen LogP contribution < -0.4 is 10.2 Å². The summed E-state index contributed by atoms with van der Waals surface area (Å²) < 4.78 is 0. The van der Waals surface area contributed by atoms with Crippen LogP contribution in [-0.4, -0.2) is 10.9 Å². The van der Waals surface area contributed by atoms with Crippen molar-refractivity contribution in [3.05, 3.63) is 56.6 Å². The van der Waals surface area contributed by atoms with Gasteiger partial charge >= 0.3 is 4.87 Å². The van der Waals surface area contributed by atoms with Crippen LogP contribution >= 0.6 is 11.3 Å². The number of nitrogens with one attached hydrogen (secondary N) is 2. The first kappa shape index (κ1) is 15.5. The number of aromatic amines is 1. The number of thiazole rings is 1. The van der Waals surface area contributed by atoms with Gasteiger partial charge in [0, 0.05) is 11.1 Å². The number of rotatable bonds is 6. The van der Waals surface area contributed by atoms with Gasteiger partial charge in [0.1, 0.15) is 0 Å². The largest absolute Gasteiger partial charge is 0.350 e. The zero-order chi connectivity index (χ0) is 15.2. The molecule has 2 rings (SSSR count). The Labute approximate surface area is 128 Å². The van der Waals surface area contributed by atoms with E-state index in [0.717, 1.165) is 29.0 Å². The summed E-state index contributed by atoms with van der Waals surface area (Å²) in [5, 5.41) is 4.66. The number of hydrogen-bond donors (Lipinski definition) is 2. The average molecular weight is 304 g/mol. The van der Waals surface area contributed by atoms with Crippen molar-refractivity contribution in [2.24, 2.45) is 5.92 Å². The second kappa shape index (κ2) is 7.22. The van der Waals surface area contributed by atoms with Crippen molar-refractivity contribution in [3.8, 4) is 0 Å². The van der Waals surface area contributed by atoms with Crippen molar-refractivity contribution in [1.29, 1.82) is 0 Å². The summed E-state index contributed by atoms with van der Waals surface area (Å²) in [6.07, 6.45) is 0.933. The Bertz CT molecular complexity index is 633. The lowest BCUT2D eigenvalue weighted by Crippen LogP contribution is -2.32. The normalized spacial score (nSPS) is 13.6. The molecule has 0 saturated carbocycles.